The normalized spacial score (nSPS) is 13.9. The van der Waals surface area contributed by atoms with E-state index in [1.54, 1.807) is 24.4 Å². The number of nitrogens with one attached hydrogen (secondary N) is 2. The van der Waals surface area contributed by atoms with Crippen molar-refractivity contribution in [3.05, 3.63) is 70.4 Å². The fraction of sp³-hybridized carbons (Fsp3) is 0.448. The van der Waals surface area contributed by atoms with E-state index in [-0.39, 0.29) is 24.0 Å². The average Bonchev–Trinajstić information content (AvgIpc) is 2.92. The van der Waals surface area contributed by atoms with Gasteiger partial charge in [-0.25, -0.2) is 4.79 Å². The van der Waals surface area contributed by atoms with E-state index in [2.05, 4.69) is 30.6 Å². The molecule has 0 saturated heterocycles. The van der Waals surface area contributed by atoms with Crippen LogP contribution in [-0.2, 0) is 29.0 Å². The molecule has 1 aliphatic carbocycles. The van der Waals surface area contributed by atoms with Gasteiger partial charge in [0.25, 0.3) is 0 Å². The van der Waals surface area contributed by atoms with Gasteiger partial charge in [0.1, 0.15) is 11.6 Å². The third-order valence-corrected chi connectivity index (χ3v) is 6.91. The second-order valence-corrected chi connectivity index (χ2v) is 10.3. The number of amides is 2. The fourth-order valence-corrected chi connectivity index (χ4v) is 4.89. The van der Waals surface area contributed by atoms with Crippen LogP contribution in [0.25, 0.3) is 0 Å². The number of halogens is 3. The first-order valence-corrected chi connectivity index (χ1v) is 14.0. The summed E-state index contributed by atoms with van der Waals surface area (Å²) < 4.78 is 42.6. The lowest BCUT2D eigenvalue weighted by Crippen LogP contribution is -2.25. The lowest BCUT2D eigenvalue weighted by molar-refractivity contribution is -0.274. The van der Waals surface area contributed by atoms with E-state index in [0.717, 1.165) is 44.2 Å². The molecule has 0 spiro atoms. The monoisotopic (exact) mass is 586 g/mol. The molecule has 1 aliphatic rings. The summed E-state index contributed by atoms with van der Waals surface area (Å²) in [5.74, 6) is -0.0828. The summed E-state index contributed by atoms with van der Waals surface area (Å²) in [5.41, 5.74) is 0.624. The van der Waals surface area contributed by atoms with Crippen molar-refractivity contribution in [2.75, 3.05) is 10.6 Å². The van der Waals surface area contributed by atoms with Crippen LogP contribution in [0.15, 0.2) is 53.5 Å². The zero-order valence-corrected chi connectivity index (χ0v) is 23.0. The second-order valence-electron chi connectivity index (χ2n) is 10.3. The summed E-state index contributed by atoms with van der Waals surface area (Å²) in [4.78, 5) is 41.0. The van der Waals surface area contributed by atoms with Gasteiger partial charge in [-0.3, -0.25) is 14.2 Å². The number of aromatic nitrogens is 4. The summed E-state index contributed by atoms with van der Waals surface area (Å²) in [6.45, 7) is 0.457. The lowest BCUT2D eigenvalue weighted by atomic mass is 9.87. The molecule has 224 valence electrons. The largest absolute Gasteiger partial charge is 0.573 e. The number of carbonyl (C=O) groups is 2. The summed E-state index contributed by atoms with van der Waals surface area (Å²) in [7, 11) is 0. The fourth-order valence-electron chi connectivity index (χ4n) is 4.89. The van der Waals surface area contributed by atoms with Gasteiger partial charge in [0.15, 0.2) is 5.82 Å². The van der Waals surface area contributed by atoms with Gasteiger partial charge in [-0.2, -0.15) is 10.1 Å². The third kappa shape index (κ3) is 10.3. The molecule has 10 nitrogen and oxygen atoms in total. The molecule has 1 aromatic carbocycles. The Hall–Kier alpha value is -4.29. The number of ether oxygens (including phenoxy) is 1. The molecule has 0 atom stereocenters. The van der Waals surface area contributed by atoms with Crippen LogP contribution >= 0.6 is 0 Å². The molecule has 4 rings (SSSR count). The molecule has 1 saturated carbocycles. The van der Waals surface area contributed by atoms with Crippen molar-refractivity contribution in [2.45, 2.75) is 77.1 Å². The number of rotatable bonds is 12. The van der Waals surface area contributed by atoms with Crippen molar-refractivity contribution in [3.63, 3.8) is 0 Å². The minimum absolute atomic E-state index is 0.108. The minimum atomic E-state index is -4.81. The van der Waals surface area contributed by atoms with Crippen LogP contribution in [0, 0.1) is 5.92 Å². The Morgan fingerprint density at radius 3 is 2.45 bits per heavy atom. The van der Waals surface area contributed by atoms with E-state index in [9.17, 15) is 27.6 Å². The van der Waals surface area contributed by atoms with Crippen LogP contribution < -0.4 is 21.1 Å². The number of hydrogen-bond acceptors (Lipinski definition) is 7. The molecule has 0 unspecified atom stereocenters. The third-order valence-electron chi connectivity index (χ3n) is 6.91. The summed E-state index contributed by atoms with van der Waals surface area (Å²) in [5, 5.41) is 13.4. The number of carbonyl (C=O) groups excluding carboxylic acids is 2. The maximum absolute atomic E-state index is 12.4. The Kier molecular flexibility index (Phi) is 10.6. The highest BCUT2D eigenvalue weighted by molar-refractivity contribution is 5.91. The lowest BCUT2D eigenvalue weighted by Gasteiger charge is -2.20. The highest BCUT2D eigenvalue weighted by atomic mass is 19.4. The van der Waals surface area contributed by atoms with Gasteiger partial charge in [0, 0.05) is 19.2 Å². The first kappa shape index (κ1) is 30.7. The summed E-state index contributed by atoms with van der Waals surface area (Å²) in [6, 6.07) is 10.1. The molecule has 13 heteroatoms. The number of hydrogen-bond donors (Lipinski definition) is 2. The predicted octanol–water partition coefficient (Wildman–Crippen LogP) is 5.04. The zero-order valence-electron chi connectivity index (χ0n) is 23.0. The Labute approximate surface area is 240 Å². The summed E-state index contributed by atoms with van der Waals surface area (Å²) in [6.07, 6.45) is 4.81. The van der Waals surface area contributed by atoms with Crippen molar-refractivity contribution >= 4 is 23.5 Å². The van der Waals surface area contributed by atoms with E-state index in [4.69, 9.17) is 0 Å². The van der Waals surface area contributed by atoms with E-state index in [0.29, 0.717) is 43.0 Å². The average molecular weight is 587 g/mol. The van der Waals surface area contributed by atoms with E-state index >= 15 is 0 Å². The van der Waals surface area contributed by atoms with Crippen molar-refractivity contribution in [3.8, 4) is 5.75 Å². The van der Waals surface area contributed by atoms with Crippen LogP contribution in [0.5, 0.6) is 5.75 Å². The molecule has 3 aromatic rings. The van der Waals surface area contributed by atoms with Gasteiger partial charge in [-0.1, -0.05) is 31.4 Å². The molecule has 2 heterocycles. The van der Waals surface area contributed by atoms with Crippen LogP contribution in [0.3, 0.4) is 0 Å². The van der Waals surface area contributed by atoms with Gasteiger partial charge >= 0.3 is 12.1 Å². The quantitative estimate of drug-likeness (QED) is 0.285. The van der Waals surface area contributed by atoms with Crippen molar-refractivity contribution in [1.82, 2.24) is 19.7 Å². The summed E-state index contributed by atoms with van der Waals surface area (Å²) >= 11 is 0. The number of benzene rings is 1. The van der Waals surface area contributed by atoms with Crippen molar-refractivity contribution in [2.24, 2.45) is 5.92 Å². The molecule has 0 bridgehead atoms. The second kappa shape index (κ2) is 14.6. The van der Waals surface area contributed by atoms with Crippen molar-refractivity contribution in [1.29, 1.82) is 0 Å². The minimum Gasteiger partial charge on any atom is -0.406 e. The maximum Gasteiger partial charge on any atom is 0.573 e. The van der Waals surface area contributed by atoms with Crippen LogP contribution in [0.2, 0.25) is 0 Å². The number of unbranched alkanes of at least 4 members (excludes halogenated alkanes) is 1. The van der Waals surface area contributed by atoms with Gasteiger partial charge in [-0.15, -0.1) is 18.3 Å². The highest BCUT2D eigenvalue weighted by Gasteiger charge is 2.31. The smallest absolute Gasteiger partial charge is 0.406 e. The number of anilines is 2. The molecule has 0 aliphatic heterocycles. The molecule has 2 N–H and O–H groups in total. The first-order valence-electron chi connectivity index (χ1n) is 14.0. The number of aryl methyl sites for hydroxylation is 2. The highest BCUT2D eigenvalue weighted by Crippen LogP contribution is 2.26. The van der Waals surface area contributed by atoms with E-state index in [1.807, 2.05) is 0 Å². The van der Waals surface area contributed by atoms with Crippen LogP contribution in [0.4, 0.5) is 24.8 Å². The number of alkyl halides is 3. The number of nitrogens with zero attached hydrogens (tertiary/aromatic N) is 4. The molecule has 42 heavy (non-hydrogen) atoms. The molecule has 1 fully saturated rings. The Morgan fingerprint density at radius 1 is 0.952 bits per heavy atom. The van der Waals surface area contributed by atoms with Crippen LogP contribution in [0.1, 0.15) is 62.6 Å². The molecular weight excluding hydrogens is 553 g/mol. The molecular formula is C29H33F3N6O4. The molecule has 2 aromatic heterocycles. The van der Waals surface area contributed by atoms with Crippen LogP contribution in [-0.4, -0.2) is 37.9 Å². The van der Waals surface area contributed by atoms with E-state index < -0.39 is 23.7 Å². The molecule has 2 amide bonds. The van der Waals surface area contributed by atoms with E-state index in [1.165, 1.54) is 23.1 Å². The van der Waals surface area contributed by atoms with Gasteiger partial charge < -0.3 is 15.4 Å². The van der Waals surface area contributed by atoms with Gasteiger partial charge in [0.05, 0.1) is 12.1 Å². The topological polar surface area (TPSA) is 128 Å². The van der Waals surface area contributed by atoms with Gasteiger partial charge in [0.2, 0.25) is 11.8 Å². The standard InChI is InChI=1S/C29H33F3N6O4/c30-29(31,32)42-23-11-6-9-21(17-23)19-27(40)34-25-13-12-22(36-37-25)10-4-5-15-38-16-14-24(35-28(38)41)33-26(39)18-20-7-2-1-3-8-20/h6,9,11-14,16-17,20H,1-5,7-8,10,15,18-19H2,(H,34,37,40)(H,33,35,39,41). The SMILES string of the molecule is O=C(Cc1cccc(OC(F)(F)F)c1)Nc1ccc(CCCCn2ccc(NC(=O)CC3CCCCC3)nc2=O)nn1. The Balaban J connectivity index is 1.17. The predicted molar refractivity (Wildman–Crippen MR) is 149 cm³/mol. The first-order chi connectivity index (χ1) is 20.1. The van der Waals surface area contributed by atoms with Crippen molar-refractivity contribution < 1.29 is 27.5 Å². The maximum atomic E-state index is 12.4. The Morgan fingerprint density at radius 2 is 1.74 bits per heavy atom. The molecule has 0 radical (unpaired) electrons. The zero-order chi connectivity index (χ0) is 30.0. The Bertz CT molecular complexity index is 1410. The van der Waals surface area contributed by atoms with Gasteiger partial charge in [-0.05, 0) is 73.9 Å².